The van der Waals surface area contributed by atoms with Crippen molar-refractivity contribution in [3.05, 3.63) is 23.7 Å². The van der Waals surface area contributed by atoms with Gasteiger partial charge in [0.25, 0.3) is 0 Å². The molecule has 4 nitrogen and oxygen atoms in total. The number of nitrogens with zero attached hydrogens (tertiary/aromatic N) is 1. The van der Waals surface area contributed by atoms with Gasteiger partial charge in [0.1, 0.15) is 5.76 Å². The normalized spacial score (nSPS) is 18.4. The summed E-state index contributed by atoms with van der Waals surface area (Å²) in [5.41, 5.74) is 0. The van der Waals surface area contributed by atoms with Crippen LogP contribution in [0.4, 0.5) is 0 Å². The van der Waals surface area contributed by atoms with Crippen molar-refractivity contribution in [3.8, 4) is 0 Å². The summed E-state index contributed by atoms with van der Waals surface area (Å²) >= 11 is 0. The molecule has 88 valence electrons. The fraction of sp³-hybridized carbons (Fsp3) is 0.583. The molecule has 1 aliphatic carbocycles. The minimum Gasteiger partial charge on any atom is -0.475 e. The van der Waals surface area contributed by atoms with Crippen LogP contribution in [0.3, 0.4) is 0 Å². The molecule has 1 N–H and O–H groups in total. The van der Waals surface area contributed by atoms with Crippen LogP contribution in [0.5, 0.6) is 0 Å². The predicted octanol–water partition coefficient (Wildman–Crippen LogP) is 2.52. The monoisotopic (exact) mass is 223 g/mol. The first kappa shape index (κ1) is 11.2. The molecule has 0 bridgehead atoms. The molecule has 1 aliphatic rings. The smallest absolute Gasteiger partial charge is 0.371 e. The highest BCUT2D eigenvalue weighted by atomic mass is 16.4. The van der Waals surface area contributed by atoms with E-state index >= 15 is 0 Å². The molecule has 2 rings (SSSR count). The van der Waals surface area contributed by atoms with Crippen molar-refractivity contribution in [1.82, 2.24) is 4.90 Å². The minimum atomic E-state index is -1.01. The van der Waals surface area contributed by atoms with Gasteiger partial charge in [0.2, 0.25) is 5.76 Å². The van der Waals surface area contributed by atoms with E-state index in [-0.39, 0.29) is 11.8 Å². The van der Waals surface area contributed by atoms with E-state index in [1.54, 1.807) is 6.07 Å². The van der Waals surface area contributed by atoms with Crippen molar-refractivity contribution in [2.24, 2.45) is 0 Å². The minimum absolute atomic E-state index is 0.0175. The molecule has 1 aromatic heterocycles. The van der Waals surface area contributed by atoms with E-state index in [1.807, 2.05) is 6.92 Å². The molecule has 1 aromatic rings. The van der Waals surface area contributed by atoms with Crippen molar-refractivity contribution < 1.29 is 14.3 Å². The molecule has 1 fully saturated rings. The second-order valence-electron chi connectivity index (χ2n) is 4.43. The quantitative estimate of drug-likeness (QED) is 0.852. The summed E-state index contributed by atoms with van der Waals surface area (Å²) in [5.74, 6) is -0.264. The van der Waals surface area contributed by atoms with Crippen LogP contribution >= 0.6 is 0 Å². The Labute approximate surface area is 94.9 Å². The van der Waals surface area contributed by atoms with Gasteiger partial charge in [-0.05, 0) is 38.9 Å². The van der Waals surface area contributed by atoms with Crippen LogP contribution in [0.15, 0.2) is 16.5 Å². The van der Waals surface area contributed by atoms with Gasteiger partial charge in [0.15, 0.2) is 0 Å². The van der Waals surface area contributed by atoms with E-state index in [2.05, 4.69) is 11.9 Å². The Bertz CT molecular complexity index is 381. The highest BCUT2D eigenvalue weighted by molar-refractivity contribution is 5.84. The zero-order chi connectivity index (χ0) is 11.7. The van der Waals surface area contributed by atoms with Crippen molar-refractivity contribution in [2.45, 2.75) is 38.3 Å². The number of hydrogen-bond donors (Lipinski definition) is 1. The molecule has 16 heavy (non-hydrogen) atoms. The van der Waals surface area contributed by atoms with Gasteiger partial charge < -0.3 is 9.52 Å². The zero-order valence-electron chi connectivity index (χ0n) is 9.64. The maximum Gasteiger partial charge on any atom is 0.371 e. The fourth-order valence-corrected chi connectivity index (χ4v) is 2.00. The van der Waals surface area contributed by atoms with Crippen LogP contribution in [0.2, 0.25) is 0 Å². The molecule has 1 saturated carbocycles. The number of carboxylic acid groups (broad SMARTS) is 1. The lowest BCUT2D eigenvalue weighted by atomic mass is 9.91. The summed E-state index contributed by atoms with van der Waals surface area (Å²) in [5, 5.41) is 8.78. The number of carboxylic acids is 1. The lowest BCUT2D eigenvalue weighted by Gasteiger charge is -2.37. The topological polar surface area (TPSA) is 53.7 Å². The van der Waals surface area contributed by atoms with Gasteiger partial charge in [-0.3, -0.25) is 4.90 Å². The standard InChI is InChI=1S/C12H17NO3/c1-8(13(2)9-4-3-5-9)10-6-7-11(16-10)12(14)15/h6-9H,3-5H2,1-2H3,(H,14,15). The fourth-order valence-electron chi connectivity index (χ4n) is 2.00. The van der Waals surface area contributed by atoms with Gasteiger partial charge >= 0.3 is 5.97 Å². The summed E-state index contributed by atoms with van der Waals surface area (Å²) in [6.07, 6.45) is 3.75. The van der Waals surface area contributed by atoms with E-state index in [4.69, 9.17) is 9.52 Å². The molecule has 0 spiro atoms. The average Bonchev–Trinajstić information content (AvgIpc) is 2.62. The molecule has 1 heterocycles. The molecule has 0 radical (unpaired) electrons. The first-order valence-electron chi connectivity index (χ1n) is 5.64. The Morgan fingerprint density at radius 2 is 2.25 bits per heavy atom. The van der Waals surface area contributed by atoms with E-state index in [9.17, 15) is 4.79 Å². The van der Waals surface area contributed by atoms with Crippen LogP contribution in [0, 0.1) is 0 Å². The second-order valence-corrected chi connectivity index (χ2v) is 4.43. The molecular formula is C12H17NO3. The third-order valence-electron chi connectivity index (χ3n) is 3.51. The molecule has 0 saturated heterocycles. The summed E-state index contributed by atoms with van der Waals surface area (Å²) < 4.78 is 5.31. The molecule has 1 unspecified atom stereocenters. The third kappa shape index (κ3) is 1.97. The van der Waals surface area contributed by atoms with Gasteiger partial charge in [-0.2, -0.15) is 0 Å². The SMILES string of the molecule is CC(c1ccc(C(=O)O)o1)N(C)C1CCC1. The molecule has 1 atom stereocenters. The van der Waals surface area contributed by atoms with E-state index in [0.717, 1.165) is 5.76 Å². The molecule has 0 aliphatic heterocycles. The summed E-state index contributed by atoms with van der Waals surface area (Å²) in [4.78, 5) is 13.0. The lowest BCUT2D eigenvalue weighted by Crippen LogP contribution is -2.38. The molecule has 0 aromatic carbocycles. The van der Waals surface area contributed by atoms with Crippen molar-refractivity contribution in [2.75, 3.05) is 7.05 Å². The number of hydrogen-bond acceptors (Lipinski definition) is 3. The van der Waals surface area contributed by atoms with Crippen LogP contribution in [0.1, 0.15) is 48.5 Å². The lowest BCUT2D eigenvalue weighted by molar-refractivity contribution is 0.0649. The zero-order valence-corrected chi connectivity index (χ0v) is 9.64. The Morgan fingerprint density at radius 3 is 2.69 bits per heavy atom. The van der Waals surface area contributed by atoms with Crippen molar-refractivity contribution in [1.29, 1.82) is 0 Å². The first-order chi connectivity index (χ1) is 7.59. The number of rotatable bonds is 4. The van der Waals surface area contributed by atoms with E-state index in [1.165, 1.54) is 25.3 Å². The van der Waals surface area contributed by atoms with Gasteiger partial charge in [-0.15, -0.1) is 0 Å². The van der Waals surface area contributed by atoms with Crippen LogP contribution < -0.4 is 0 Å². The van der Waals surface area contributed by atoms with E-state index in [0.29, 0.717) is 6.04 Å². The summed E-state index contributed by atoms with van der Waals surface area (Å²) in [6.45, 7) is 2.04. The van der Waals surface area contributed by atoms with Crippen LogP contribution in [-0.4, -0.2) is 29.1 Å². The Kier molecular flexibility index (Phi) is 3.01. The Morgan fingerprint density at radius 1 is 1.56 bits per heavy atom. The van der Waals surface area contributed by atoms with Crippen molar-refractivity contribution >= 4 is 5.97 Å². The molecule has 4 heteroatoms. The maximum atomic E-state index is 10.7. The summed E-state index contributed by atoms with van der Waals surface area (Å²) in [7, 11) is 2.07. The highest BCUT2D eigenvalue weighted by Crippen LogP contribution is 2.31. The number of furan rings is 1. The highest BCUT2D eigenvalue weighted by Gasteiger charge is 2.27. The van der Waals surface area contributed by atoms with Gasteiger partial charge in [0, 0.05) is 6.04 Å². The second kappa shape index (κ2) is 4.29. The number of aromatic carboxylic acids is 1. The third-order valence-corrected chi connectivity index (χ3v) is 3.51. The predicted molar refractivity (Wildman–Crippen MR) is 59.5 cm³/mol. The molecule has 0 amide bonds. The van der Waals surface area contributed by atoms with Gasteiger partial charge in [-0.1, -0.05) is 6.42 Å². The summed E-state index contributed by atoms with van der Waals surface area (Å²) in [6, 6.07) is 4.03. The maximum absolute atomic E-state index is 10.7. The van der Waals surface area contributed by atoms with Crippen LogP contribution in [-0.2, 0) is 0 Å². The average molecular weight is 223 g/mol. The first-order valence-corrected chi connectivity index (χ1v) is 5.64. The van der Waals surface area contributed by atoms with Gasteiger partial charge in [0.05, 0.1) is 6.04 Å². The van der Waals surface area contributed by atoms with Gasteiger partial charge in [-0.25, -0.2) is 4.79 Å². The Hall–Kier alpha value is -1.29. The molecular weight excluding hydrogens is 206 g/mol. The van der Waals surface area contributed by atoms with E-state index < -0.39 is 5.97 Å². The Balaban J connectivity index is 2.07. The number of carbonyl (C=O) groups is 1. The van der Waals surface area contributed by atoms with Crippen LogP contribution in [0.25, 0.3) is 0 Å². The van der Waals surface area contributed by atoms with Crippen molar-refractivity contribution in [3.63, 3.8) is 0 Å². The largest absolute Gasteiger partial charge is 0.475 e.